The Labute approximate surface area is 160 Å². The summed E-state index contributed by atoms with van der Waals surface area (Å²) in [4.78, 5) is 15.7. The van der Waals surface area contributed by atoms with Gasteiger partial charge in [-0.25, -0.2) is 0 Å². The van der Waals surface area contributed by atoms with Gasteiger partial charge in [-0.1, -0.05) is 48.5 Å². The van der Waals surface area contributed by atoms with E-state index in [1.54, 1.807) is 6.20 Å². The van der Waals surface area contributed by atoms with Gasteiger partial charge in [-0.2, -0.15) is 0 Å². The van der Waals surface area contributed by atoms with Gasteiger partial charge in [0, 0.05) is 30.9 Å². The smallest absolute Gasteiger partial charge is 0.305 e. The number of rotatable bonds is 8. The third kappa shape index (κ3) is 4.92. The van der Waals surface area contributed by atoms with E-state index in [4.69, 9.17) is 4.74 Å². The summed E-state index contributed by atoms with van der Waals surface area (Å²) in [6.45, 7) is 2.19. The van der Waals surface area contributed by atoms with E-state index in [1.807, 2.05) is 12.3 Å². The number of hydrogen-bond donors (Lipinski definition) is 1. The summed E-state index contributed by atoms with van der Waals surface area (Å²) in [6.07, 6.45) is 5.71. The topological polar surface area (TPSA) is 51.2 Å². The first-order valence-corrected chi connectivity index (χ1v) is 9.39. The fourth-order valence-electron chi connectivity index (χ4n) is 3.50. The van der Waals surface area contributed by atoms with Gasteiger partial charge in [0.05, 0.1) is 7.11 Å². The third-order valence-corrected chi connectivity index (χ3v) is 4.93. The van der Waals surface area contributed by atoms with Crippen LogP contribution in [0.1, 0.15) is 49.4 Å². The number of carbonyl (C=O) groups is 1. The molecule has 0 unspecified atom stereocenters. The molecule has 0 saturated carbocycles. The van der Waals surface area contributed by atoms with E-state index in [9.17, 15) is 4.79 Å². The summed E-state index contributed by atoms with van der Waals surface area (Å²) in [7, 11) is 1.43. The van der Waals surface area contributed by atoms with Gasteiger partial charge in [0.15, 0.2) is 0 Å². The summed E-state index contributed by atoms with van der Waals surface area (Å²) < 4.78 is 4.76. The summed E-state index contributed by atoms with van der Waals surface area (Å²) >= 11 is 0. The molecule has 140 valence electrons. The minimum absolute atomic E-state index is 0.123. The molecular formula is C23H26N2O2. The maximum absolute atomic E-state index is 11.5. The second-order valence-electron chi connectivity index (χ2n) is 6.76. The van der Waals surface area contributed by atoms with Gasteiger partial charge in [-0.3, -0.25) is 9.78 Å². The lowest BCUT2D eigenvalue weighted by Gasteiger charge is -2.25. The second kappa shape index (κ2) is 9.28. The van der Waals surface area contributed by atoms with E-state index >= 15 is 0 Å². The average Bonchev–Trinajstić information content (AvgIpc) is 2.73. The molecule has 4 heteroatoms. The number of esters is 1. The molecule has 0 radical (unpaired) electrons. The van der Waals surface area contributed by atoms with E-state index in [0.717, 1.165) is 18.4 Å². The van der Waals surface area contributed by atoms with Crippen molar-refractivity contribution in [1.29, 1.82) is 0 Å². The Morgan fingerprint density at radius 2 is 1.93 bits per heavy atom. The number of pyridine rings is 1. The molecule has 0 aliphatic rings. The van der Waals surface area contributed by atoms with Gasteiger partial charge in [0.25, 0.3) is 0 Å². The Balaban J connectivity index is 1.79. The molecule has 3 aromatic rings. The van der Waals surface area contributed by atoms with Gasteiger partial charge in [0.2, 0.25) is 0 Å². The zero-order valence-electron chi connectivity index (χ0n) is 15.9. The van der Waals surface area contributed by atoms with E-state index < -0.39 is 0 Å². The molecule has 2 aromatic carbocycles. The molecular weight excluding hydrogens is 336 g/mol. The van der Waals surface area contributed by atoms with Crippen LogP contribution in [0.5, 0.6) is 0 Å². The molecule has 0 saturated heterocycles. The van der Waals surface area contributed by atoms with Crippen LogP contribution >= 0.6 is 0 Å². The van der Waals surface area contributed by atoms with Gasteiger partial charge < -0.3 is 10.1 Å². The number of fused-ring (bicyclic) bond motifs is 1. The Bertz CT molecular complexity index is 874. The first-order chi connectivity index (χ1) is 13.2. The van der Waals surface area contributed by atoms with E-state index in [2.05, 4.69) is 65.8 Å². The Hall–Kier alpha value is -2.72. The fraction of sp³-hybridized carbons (Fsp3) is 0.304. The lowest BCUT2D eigenvalue weighted by Crippen LogP contribution is -2.25. The van der Waals surface area contributed by atoms with Crippen molar-refractivity contribution in [2.24, 2.45) is 0 Å². The van der Waals surface area contributed by atoms with Crippen molar-refractivity contribution in [1.82, 2.24) is 10.3 Å². The highest BCUT2D eigenvalue weighted by Crippen LogP contribution is 2.28. The molecule has 0 fully saturated rings. The zero-order chi connectivity index (χ0) is 19.1. The van der Waals surface area contributed by atoms with Crippen LogP contribution in [0.25, 0.3) is 10.8 Å². The predicted molar refractivity (Wildman–Crippen MR) is 108 cm³/mol. The number of benzene rings is 2. The SMILES string of the molecule is COC(=O)CCC[C@H](N[C@H](C)c1cccc2ccccc12)c1cccnc1. The van der Waals surface area contributed by atoms with Crippen molar-refractivity contribution < 1.29 is 9.53 Å². The molecule has 27 heavy (non-hydrogen) atoms. The van der Waals surface area contributed by atoms with Crippen molar-refractivity contribution in [2.45, 2.75) is 38.3 Å². The summed E-state index contributed by atoms with van der Waals surface area (Å²) in [5, 5.41) is 6.25. The monoisotopic (exact) mass is 362 g/mol. The average molecular weight is 362 g/mol. The Kier molecular flexibility index (Phi) is 6.55. The van der Waals surface area contributed by atoms with Gasteiger partial charge in [-0.05, 0) is 47.7 Å². The first kappa shape index (κ1) is 19.1. The number of methoxy groups -OCH3 is 1. The van der Waals surface area contributed by atoms with Crippen LogP contribution in [0.3, 0.4) is 0 Å². The number of hydrogen-bond acceptors (Lipinski definition) is 4. The van der Waals surface area contributed by atoms with Crippen LogP contribution < -0.4 is 5.32 Å². The maximum Gasteiger partial charge on any atom is 0.305 e. The second-order valence-corrected chi connectivity index (χ2v) is 6.76. The van der Waals surface area contributed by atoms with Crippen molar-refractivity contribution in [2.75, 3.05) is 7.11 Å². The van der Waals surface area contributed by atoms with Crippen molar-refractivity contribution >= 4 is 16.7 Å². The minimum atomic E-state index is -0.165. The quantitative estimate of drug-likeness (QED) is 0.575. The number of carbonyl (C=O) groups excluding carboxylic acids is 1. The molecule has 2 atom stereocenters. The molecule has 1 N–H and O–H groups in total. The van der Waals surface area contributed by atoms with Crippen LogP contribution in [-0.2, 0) is 9.53 Å². The summed E-state index contributed by atoms with van der Waals surface area (Å²) in [6, 6.07) is 19.2. The third-order valence-electron chi connectivity index (χ3n) is 4.93. The van der Waals surface area contributed by atoms with Crippen LogP contribution in [-0.4, -0.2) is 18.1 Å². The molecule has 0 amide bonds. The van der Waals surface area contributed by atoms with Crippen LogP contribution in [0, 0.1) is 0 Å². The minimum Gasteiger partial charge on any atom is -0.469 e. The van der Waals surface area contributed by atoms with Crippen LogP contribution in [0.2, 0.25) is 0 Å². The normalized spacial score (nSPS) is 13.3. The lowest BCUT2D eigenvalue weighted by atomic mass is 9.96. The van der Waals surface area contributed by atoms with E-state index in [-0.39, 0.29) is 18.1 Å². The summed E-state index contributed by atoms with van der Waals surface area (Å²) in [5.41, 5.74) is 2.41. The van der Waals surface area contributed by atoms with Gasteiger partial charge >= 0.3 is 5.97 Å². The largest absolute Gasteiger partial charge is 0.469 e. The molecule has 4 nitrogen and oxygen atoms in total. The zero-order valence-corrected chi connectivity index (χ0v) is 15.9. The number of nitrogens with zero attached hydrogens (tertiary/aromatic N) is 1. The molecule has 0 spiro atoms. The highest BCUT2D eigenvalue weighted by molar-refractivity contribution is 5.86. The van der Waals surface area contributed by atoms with Crippen molar-refractivity contribution in [3.63, 3.8) is 0 Å². The highest BCUT2D eigenvalue weighted by Gasteiger charge is 2.17. The first-order valence-electron chi connectivity index (χ1n) is 9.39. The molecule has 1 aromatic heterocycles. The van der Waals surface area contributed by atoms with E-state index in [1.165, 1.54) is 23.4 Å². The standard InChI is InChI=1S/C23H26N2O2/c1-17(20-12-5-9-18-8-3-4-11-21(18)20)25-22(13-6-14-23(26)27-2)19-10-7-15-24-16-19/h3-5,7-12,15-17,22,25H,6,13-14H2,1-2H3/t17-,22+/m1/s1. The Morgan fingerprint density at radius 3 is 2.70 bits per heavy atom. The maximum atomic E-state index is 11.5. The Morgan fingerprint density at radius 1 is 1.11 bits per heavy atom. The van der Waals surface area contributed by atoms with Crippen LogP contribution in [0.15, 0.2) is 67.0 Å². The van der Waals surface area contributed by atoms with Crippen molar-refractivity contribution in [3.05, 3.63) is 78.1 Å². The van der Waals surface area contributed by atoms with Gasteiger partial charge in [-0.15, -0.1) is 0 Å². The van der Waals surface area contributed by atoms with Gasteiger partial charge in [0.1, 0.15) is 0 Å². The lowest BCUT2D eigenvalue weighted by molar-refractivity contribution is -0.140. The number of ether oxygens (including phenoxy) is 1. The molecule has 0 aliphatic heterocycles. The molecule has 3 rings (SSSR count). The molecule has 0 bridgehead atoms. The van der Waals surface area contributed by atoms with Crippen molar-refractivity contribution in [3.8, 4) is 0 Å². The molecule has 0 aliphatic carbocycles. The fourth-order valence-corrected chi connectivity index (χ4v) is 3.50. The number of aromatic nitrogens is 1. The summed E-state index contributed by atoms with van der Waals surface area (Å²) in [5.74, 6) is -0.165. The highest BCUT2D eigenvalue weighted by atomic mass is 16.5. The molecule has 1 heterocycles. The van der Waals surface area contributed by atoms with Crippen LogP contribution in [0.4, 0.5) is 0 Å². The van der Waals surface area contributed by atoms with E-state index in [0.29, 0.717) is 6.42 Å². The number of nitrogens with one attached hydrogen (secondary N) is 1. The predicted octanol–water partition coefficient (Wildman–Crippen LogP) is 4.97.